The lowest BCUT2D eigenvalue weighted by molar-refractivity contribution is -0.119. The highest BCUT2D eigenvalue weighted by Crippen LogP contribution is 2.31. The van der Waals surface area contributed by atoms with Crippen LogP contribution in [0, 0.1) is 6.92 Å². The summed E-state index contributed by atoms with van der Waals surface area (Å²) >= 11 is 5.95. The van der Waals surface area contributed by atoms with Crippen LogP contribution in [0.15, 0.2) is 47.4 Å². The molecule has 2 rings (SSSR count). The largest absolute Gasteiger partial charge is 0.495 e. The molecule has 0 aliphatic heterocycles. The summed E-state index contributed by atoms with van der Waals surface area (Å²) in [5, 5.41) is 3.20. The van der Waals surface area contributed by atoms with Gasteiger partial charge in [0.15, 0.2) is 0 Å². The number of nitrogens with zero attached hydrogens (tertiary/aromatic N) is 1. The molecule has 9 heteroatoms. The molecule has 0 fully saturated rings. The first-order chi connectivity index (χ1) is 14.3. The van der Waals surface area contributed by atoms with Crippen LogP contribution in [0.1, 0.15) is 18.9 Å². The third-order valence-corrected chi connectivity index (χ3v) is 6.33. The van der Waals surface area contributed by atoms with Crippen LogP contribution in [-0.2, 0) is 19.6 Å². The fraction of sp³-hybridized carbons (Fsp3) is 0.381. The predicted octanol–water partition coefficient (Wildman–Crippen LogP) is 3.40. The van der Waals surface area contributed by atoms with Gasteiger partial charge in [-0.1, -0.05) is 17.7 Å². The average molecular weight is 455 g/mol. The molecule has 0 atom stereocenters. The fourth-order valence-electron chi connectivity index (χ4n) is 2.76. The zero-order valence-corrected chi connectivity index (χ0v) is 18.9. The molecule has 0 saturated heterocycles. The van der Waals surface area contributed by atoms with Crippen molar-refractivity contribution < 1.29 is 22.7 Å². The Kier molecular flexibility index (Phi) is 8.95. The number of carbonyl (C=O) groups is 1. The van der Waals surface area contributed by atoms with Gasteiger partial charge in [-0.3, -0.25) is 9.10 Å². The number of ether oxygens (including phenoxy) is 2. The SMILES string of the molecule is CCOCCCNC(=O)CN(c1ccc(Cl)cc1)S(=O)(=O)c1cc(C)ccc1OC. The number of carbonyl (C=O) groups excluding carboxylic acids is 1. The quantitative estimate of drug-likeness (QED) is 0.526. The summed E-state index contributed by atoms with van der Waals surface area (Å²) in [7, 11) is -2.68. The number of hydrogen-bond donors (Lipinski definition) is 1. The number of amides is 1. The number of aryl methyl sites for hydroxylation is 1. The van der Waals surface area contributed by atoms with Gasteiger partial charge in [-0.25, -0.2) is 8.42 Å². The van der Waals surface area contributed by atoms with Crippen LogP contribution in [0.4, 0.5) is 5.69 Å². The first-order valence-electron chi connectivity index (χ1n) is 9.57. The first kappa shape index (κ1) is 24.0. The second kappa shape index (κ2) is 11.2. The molecule has 164 valence electrons. The van der Waals surface area contributed by atoms with Gasteiger partial charge in [0.05, 0.1) is 12.8 Å². The molecule has 0 radical (unpaired) electrons. The summed E-state index contributed by atoms with van der Waals surface area (Å²) in [4.78, 5) is 12.5. The number of hydrogen-bond acceptors (Lipinski definition) is 5. The van der Waals surface area contributed by atoms with E-state index in [1.54, 1.807) is 43.3 Å². The molecule has 1 N–H and O–H groups in total. The Morgan fingerprint density at radius 2 is 1.87 bits per heavy atom. The maximum Gasteiger partial charge on any atom is 0.268 e. The van der Waals surface area contributed by atoms with E-state index in [0.29, 0.717) is 36.9 Å². The number of rotatable bonds is 11. The number of benzene rings is 2. The molecule has 0 aliphatic carbocycles. The summed E-state index contributed by atoms with van der Waals surface area (Å²) in [5.74, 6) is -0.215. The minimum Gasteiger partial charge on any atom is -0.495 e. The maximum absolute atomic E-state index is 13.5. The smallest absolute Gasteiger partial charge is 0.268 e. The van der Waals surface area contributed by atoms with Crippen LogP contribution < -0.4 is 14.4 Å². The lowest BCUT2D eigenvalue weighted by atomic mass is 10.2. The lowest BCUT2D eigenvalue weighted by Crippen LogP contribution is -2.41. The molecule has 0 unspecified atom stereocenters. The molecule has 30 heavy (non-hydrogen) atoms. The van der Waals surface area contributed by atoms with Crippen molar-refractivity contribution in [2.75, 3.05) is 37.7 Å². The number of nitrogens with one attached hydrogen (secondary N) is 1. The number of methoxy groups -OCH3 is 1. The first-order valence-corrected chi connectivity index (χ1v) is 11.4. The fourth-order valence-corrected chi connectivity index (χ4v) is 4.55. The van der Waals surface area contributed by atoms with E-state index in [4.69, 9.17) is 21.1 Å². The third-order valence-electron chi connectivity index (χ3n) is 4.28. The van der Waals surface area contributed by atoms with Gasteiger partial charge in [0, 0.05) is 24.8 Å². The third kappa shape index (κ3) is 6.35. The molecule has 2 aromatic rings. The van der Waals surface area contributed by atoms with Gasteiger partial charge in [0.25, 0.3) is 10.0 Å². The highest BCUT2D eigenvalue weighted by atomic mass is 35.5. The standard InChI is InChI=1S/C21H27ClN2O5S/c1-4-29-13-5-12-23-21(25)15-24(18-9-7-17(22)8-10-18)30(26,27)20-14-16(2)6-11-19(20)28-3/h6-11,14H,4-5,12-13,15H2,1-3H3,(H,23,25). The maximum atomic E-state index is 13.5. The van der Waals surface area contributed by atoms with E-state index in [1.165, 1.54) is 13.2 Å². The van der Waals surface area contributed by atoms with Crippen LogP contribution in [0.5, 0.6) is 5.75 Å². The Hall–Kier alpha value is -2.29. The Labute approximate surface area is 183 Å². The monoisotopic (exact) mass is 454 g/mol. The van der Waals surface area contributed by atoms with Crippen LogP contribution >= 0.6 is 11.6 Å². The molecular formula is C21H27ClN2O5S. The van der Waals surface area contributed by atoms with Gasteiger partial charge < -0.3 is 14.8 Å². The summed E-state index contributed by atoms with van der Waals surface area (Å²) in [5.41, 5.74) is 1.08. The van der Waals surface area contributed by atoms with E-state index in [-0.39, 0.29) is 17.2 Å². The van der Waals surface area contributed by atoms with Gasteiger partial charge >= 0.3 is 0 Å². The molecule has 0 spiro atoms. The van der Waals surface area contributed by atoms with E-state index in [0.717, 1.165) is 9.87 Å². The summed E-state index contributed by atoms with van der Waals surface area (Å²) < 4.78 is 38.6. The van der Waals surface area contributed by atoms with Crippen molar-refractivity contribution in [3.8, 4) is 5.75 Å². The lowest BCUT2D eigenvalue weighted by Gasteiger charge is -2.25. The molecule has 0 bridgehead atoms. The van der Waals surface area contributed by atoms with Crippen molar-refractivity contribution in [1.29, 1.82) is 0 Å². The van der Waals surface area contributed by atoms with E-state index < -0.39 is 15.9 Å². The Balaban J connectivity index is 2.33. The minimum absolute atomic E-state index is 0.0101. The molecule has 7 nitrogen and oxygen atoms in total. The second-order valence-electron chi connectivity index (χ2n) is 6.54. The van der Waals surface area contributed by atoms with Crippen LogP contribution in [-0.4, -0.2) is 47.7 Å². The van der Waals surface area contributed by atoms with Crippen LogP contribution in [0.3, 0.4) is 0 Å². The van der Waals surface area contributed by atoms with E-state index in [1.807, 2.05) is 6.92 Å². The summed E-state index contributed by atoms with van der Waals surface area (Å²) in [6, 6.07) is 11.2. The zero-order chi connectivity index (χ0) is 22.1. The molecule has 0 aromatic heterocycles. The number of halogens is 1. The molecule has 2 aromatic carbocycles. The number of sulfonamides is 1. The molecule has 0 aliphatic rings. The summed E-state index contributed by atoms with van der Waals surface area (Å²) in [6.45, 7) is 4.82. The van der Waals surface area contributed by atoms with E-state index in [2.05, 4.69) is 5.32 Å². The summed E-state index contributed by atoms with van der Waals surface area (Å²) in [6.07, 6.45) is 0.638. The van der Waals surface area contributed by atoms with Crippen molar-refractivity contribution in [3.63, 3.8) is 0 Å². The Bertz CT molecular complexity index is 948. The van der Waals surface area contributed by atoms with Crippen molar-refractivity contribution >= 4 is 33.2 Å². The van der Waals surface area contributed by atoms with E-state index >= 15 is 0 Å². The van der Waals surface area contributed by atoms with Gasteiger partial charge in [-0.2, -0.15) is 0 Å². The Morgan fingerprint density at radius 3 is 2.50 bits per heavy atom. The van der Waals surface area contributed by atoms with Gasteiger partial charge in [-0.05, 0) is 62.2 Å². The van der Waals surface area contributed by atoms with Gasteiger partial charge in [0.2, 0.25) is 5.91 Å². The van der Waals surface area contributed by atoms with Gasteiger partial charge in [0.1, 0.15) is 17.2 Å². The number of anilines is 1. The predicted molar refractivity (Wildman–Crippen MR) is 118 cm³/mol. The zero-order valence-electron chi connectivity index (χ0n) is 17.4. The Morgan fingerprint density at radius 1 is 1.17 bits per heavy atom. The molecule has 1 amide bonds. The van der Waals surface area contributed by atoms with Crippen molar-refractivity contribution in [1.82, 2.24) is 5.32 Å². The highest BCUT2D eigenvalue weighted by Gasteiger charge is 2.30. The van der Waals surface area contributed by atoms with Crippen molar-refractivity contribution in [2.24, 2.45) is 0 Å². The highest BCUT2D eigenvalue weighted by molar-refractivity contribution is 7.93. The van der Waals surface area contributed by atoms with Crippen molar-refractivity contribution in [3.05, 3.63) is 53.1 Å². The second-order valence-corrected chi connectivity index (χ2v) is 8.81. The van der Waals surface area contributed by atoms with Crippen molar-refractivity contribution in [2.45, 2.75) is 25.2 Å². The van der Waals surface area contributed by atoms with Crippen LogP contribution in [0.2, 0.25) is 5.02 Å². The topological polar surface area (TPSA) is 84.9 Å². The molecular weight excluding hydrogens is 428 g/mol. The molecule has 0 heterocycles. The average Bonchev–Trinajstić information content (AvgIpc) is 2.72. The molecule has 0 saturated carbocycles. The van der Waals surface area contributed by atoms with Crippen LogP contribution in [0.25, 0.3) is 0 Å². The minimum atomic E-state index is -4.09. The normalized spacial score (nSPS) is 11.2. The van der Waals surface area contributed by atoms with E-state index in [9.17, 15) is 13.2 Å². The van der Waals surface area contributed by atoms with Gasteiger partial charge in [-0.15, -0.1) is 0 Å².